The number of hydrogen-bond acceptors (Lipinski definition) is 0. The maximum absolute atomic E-state index is 2.29. The fourth-order valence-electron chi connectivity index (χ4n) is 1.36. The van der Waals surface area contributed by atoms with Crippen molar-refractivity contribution in [3.05, 3.63) is 24.3 Å². The van der Waals surface area contributed by atoms with Crippen molar-refractivity contribution in [3.63, 3.8) is 0 Å². The van der Waals surface area contributed by atoms with E-state index in [-0.39, 0.29) is 0 Å². The summed E-state index contributed by atoms with van der Waals surface area (Å²) < 4.78 is 0. The second kappa shape index (κ2) is 12.5. The molecule has 0 amide bonds. The van der Waals surface area contributed by atoms with Gasteiger partial charge in [0.15, 0.2) is 0 Å². The van der Waals surface area contributed by atoms with Gasteiger partial charge in [-0.15, -0.1) is 0 Å². The maximum Gasteiger partial charge on any atom is -0.0348 e. The Morgan fingerprint density at radius 3 is 1.79 bits per heavy atom. The highest BCUT2D eigenvalue weighted by molar-refractivity contribution is 5.02. The van der Waals surface area contributed by atoms with Crippen molar-refractivity contribution in [1.29, 1.82) is 0 Å². The lowest BCUT2D eigenvalue weighted by atomic mass is 10.1. The van der Waals surface area contributed by atoms with E-state index in [9.17, 15) is 0 Å². The van der Waals surface area contributed by atoms with Crippen molar-refractivity contribution in [2.24, 2.45) is 0 Å². The molecule has 0 rings (SSSR count). The van der Waals surface area contributed by atoms with Gasteiger partial charge in [-0.3, -0.25) is 0 Å². The lowest BCUT2D eigenvalue weighted by Crippen LogP contribution is -1.73. The van der Waals surface area contributed by atoms with Gasteiger partial charge in [-0.25, -0.2) is 0 Å². The molecule has 0 bridgehead atoms. The molecule has 0 aliphatic rings. The van der Waals surface area contributed by atoms with Crippen LogP contribution in [0.4, 0.5) is 0 Å². The number of hydrogen-bond donors (Lipinski definition) is 0. The second-order valence-electron chi connectivity index (χ2n) is 3.85. The van der Waals surface area contributed by atoms with Crippen molar-refractivity contribution in [2.45, 2.75) is 65.2 Å². The van der Waals surface area contributed by atoms with Crippen LogP contribution in [0.2, 0.25) is 0 Å². The van der Waals surface area contributed by atoms with Crippen LogP contribution >= 0.6 is 0 Å². The van der Waals surface area contributed by atoms with Gasteiger partial charge in [0.2, 0.25) is 0 Å². The first-order valence-electron chi connectivity index (χ1n) is 6.23. The number of allylic oxidation sites excluding steroid dienone is 4. The van der Waals surface area contributed by atoms with Gasteiger partial charge in [-0.1, -0.05) is 70.3 Å². The van der Waals surface area contributed by atoms with Crippen LogP contribution < -0.4 is 0 Å². The molecule has 0 saturated carbocycles. The Bertz CT molecular complexity index is 142. The summed E-state index contributed by atoms with van der Waals surface area (Å²) in [6.45, 7) is 4.49. The first kappa shape index (κ1) is 13.5. The summed E-state index contributed by atoms with van der Waals surface area (Å²) in [7, 11) is 0. The Balaban J connectivity index is 3.14. The highest BCUT2D eigenvalue weighted by Crippen LogP contribution is 2.03. The fraction of sp³-hybridized carbons (Fsp3) is 0.714. The molecule has 0 aliphatic heterocycles. The summed E-state index contributed by atoms with van der Waals surface area (Å²) >= 11 is 0. The smallest absolute Gasteiger partial charge is 0.0348 e. The SMILES string of the molecule is CCCC/C=C\C=C\CCCCCC. The summed E-state index contributed by atoms with van der Waals surface area (Å²) in [5.41, 5.74) is 0. The number of rotatable bonds is 9. The fourth-order valence-corrected chi connectivity index (χ4v) is 1.36. The first-order chi connectivity index (χ1) is 6.91. The minimum atomic E-state index is 1.23. The first-order valence-corrected chi connectivity index (χ1v) is 6.23. The van der Waals surface area contributed by atoms with Crippen LogP contribution in [0.1, 0.15) is 65.2 Å². The van der Waals surface area contributed by atoms with Gasteiger partial charge < -0.3 is 0 Å². The Morgan fingerprint density at radius 1 is 0.643 bits per heavy atom. The van der Waals surface area contributed by atoms with Gasteiger partial charge in [0.1, 0.15) is 0 Å². The second-order valence-corrected chi connectivity index (χ2v) is 3.85. The van der Waals surface area contributed by atoms with E-state index in [1.54, 1.807) is 0 Å². The molecule has 0 aromatic rings. The lowest BCUT2D eigenvalue weighted by Gasteiger charge is -1.93. The summed E-state index contributed by atoms with van der Waals surface area (Å²) in [4.78, 5) is 0. The molecule has 82 valence electrons. The van der Waals surface area contributed by atoms with Crippen molar-refractivity contribution in [3.8, 4) is 0 Å². The molecule has 0 nitrogen and oxygen atoms in total. The predicted molar refractivity (Wildman–Crippen MR) is 66.6 cm³/mol. The normalized spacial score (nSPS) is 11.9. The average molecular weight is 194 g/mol. The minimum Gasteiger partial charge on any atom is -0.0845 e. The third-order valence-corrected chi connectivity index (χ3v) is 2.33. The number of unbranched alkanes of at least 4 members (excludes halogenated alkanes) is 6. The monoisotopic (exact) mass is 194 g/mol. The molecule has 0 radical (unpaired) electrons. The van der Waals surface area contributed by atoms with Crippen LogP contribution in [0.5, 0.6) is 0 Å². The van der Waals surface area contributed by atoms with E-state index in [1.165, 1.54) is 51.4 Å². The van der Waals surface area contributed by atoms with E-state index >= 15 is 0 Å². The zero-order valence-corrected chi connectivity index (χ0v) is 9.97. The molecule has 0 aliphatic carbocycles. The Morgan fingerprint density at radius 2 is 1.21 bits per heavy atom. The molecule has 14 heavy (non-hydrogen) atoms. The molecule has 0 unspecified atom stereocenters. The van der Waals surface area contributed by atoms with E-state index in [2.05, 4.69) is 38.2 Å². The summed E-state index contributed by atoms with van der Waals surface area (Å²) in [5.74, 6) is 0. The van der Waals surface area contributed by atoms with Crippen molar-refractivity contribution < 1.29 is 0 Å². The van der Waals surface area contributed by atoms with Crippen molar-refractivity contribution in [1.82, 2.24) is 0 Å². The standard InChI is InChI=1S/C14H26/c1-3-5-7-9-11-13-14-12-10-8-6-4-2/h9,11,13-14H,3-8,10,12H2,1-2H3/b11-9-,14-13+. The molecule has 0 aromatic heterocycles. The Labute approximate surface area is 90.1 Å². The Hall–Kier alpha value is -0.520. The third-order valence-electron chi connectivity index (χ3n) is 2.33. The van der Waals surface area contributed by atoms with Crippen molar-refractivity contribution in [2.75, 3.05) is 0 Å². The van der Waals surface area contributed by atoms with Gasteiger partial charge >= 0.3 is 0 Å². The highest BCUT2D eigenvalue weighted by Gasteiger charge is 1.83. The topological polar surface area (TPSA) is 0 Å². The zero-order chi connectivity index (χ0) is 10.5. The van der Waals surface area contributed by atoms with E-state index in [1.807, 2.05) is 0 Å². The summed E-state index contributed by atoms with van der Waals surface area (Å²) in [6, 6.07) is 0. The zero-order valence-electron chi connectivity index (χ0n) is 9.97. The highest BCUT2D eigenvalue weighted by atomic mass is 13.9. The van der Waals surface area contributed by atoms with Crippen LogP contribution in [-0.4, -0.2) is 0 Å². The molecule has 0 atom stereocenters. The Kier molecular flexibility index (Phi) is 12.0. The van der Waals surface area contributed by atoms with E-state index in [0.29, 0.717) is 0 Å². The largest absolute Gasteiger partial charge is 0.0845 e. The van der Waals surface area contributed by atoms with Gasteiger partial charge in [0.05, 0.1) is 0 Å². The van der Waals surface area contributed by atoms with Crippen LogP contribution in [0.15, 0.2) is 24.3 Å². The molecular formula is C14H26. The van der Waals surface area contributed by atoms with Gasteiger partial charge in [0.25, 0.3) is 0 Å². The quantitative estimate of drug-likeness (QED) is 0.347. The van der Waals surface area contributed by atoms with Crippen molar-refractivity contribution >= 4 is 0 Å². The third kappa shape index (κ3) is 11.5. The minimum absolute atomic E-state index is 1.23. The molecule has 0 heterocycles. The molecule has 0 aromatic carbocycles. The molecule has 0 spiro atoms. The molecule has 0 saturated heterocycles. The molecule has 0 heteroatoms. The van der Waals surface area contributed by atoms with Crippen LogP contribution in [0.25, 0.3) is 0 Å². The van der Waals surface area contributed by atoms with E-state index in [4.69, 9.17) is 0 Å². The van der Waals surface area contributed by atoms with Gasteiger partial charge in [0, 0.05) is 0 Å². The maximum atomic E-state index is 2.29. The molecule has 0 fully saturated rings. The molecular weight excluding hydrogens is 168 g/mol. The van der Waals surface area contributed by atoms with E-state index < -0.39 is 0 Å². The van der Waals surface area contributed by atoms with Gasteiger partial charge in [-0.2, -0.15) is 0 Å². The van der Waals surface area contributed by atoms with E-state index in [0.717, 1.165) is 0 Å². The molecule has 0 N–H and O–H groups in total. The van der Waals surface area contributed by atoms with Crippen LogP contribution in [0.3, 0.4) is 0 Å². The van der Waals surface area contributed by atoms with Gasteiger partial charge in [-0.05, 0) is 19.3 Å². The predicted octanol–water partition coefficient (Wildman–Crippen LogP) is 5.26. The lowest BCUT2D eigenvalue weighted by molar-refractivity contribution is 0.674. The van der Waals surface area contributed by atoms with Crippen LogP contribution in [-0.2, 0) is 0 Å². The summed E-state index contributed by atoms with van der Waals surface area (Å²) in [5, 5.41) is 0. The average Bonchev–Trinajstić information content (AvgIpc) is 2.21. The summed E-state index contributed by atoms with van der Waals surface area (Å²) in [6.07, 6.45) is 19.5. The van der Waals surface area contributed by atoms with Crippen LogP contribution in [0, 0.1) is 0 Å².